The van der Waals surface area contributed by atoms with E-state index in [0.717, 1.165) is 38.3 Å². The second-order valence-corrected chi connectivity index (χ2v) is 3.91. The summed E-state index contributed by atoms with van der Waals surface area (Å²) in [5, 5.41) is 12.4. The fourth-order valence-corrected chi connectivity index (χ4v) is 2.02. The molecule has 16 heavy (non-hydrogen) atoms. The molecule has 0 aromatic heterocycles. The van der Waals surface area contributed by atoms with Crippen molar-refractivity contribution in [1.29, 1.82) is 0 Å². The molecule has 1 aliphatic heterocycles. The minimum absolute atomic E-state index is 0.393. The fraction of sp³-hybridized carbons (Fsp3) is 0.417. The van der Waals surface area contributed by atoms with Crippen molar-refractivity contribution in [2.24, 2.45) is 0 Å². The number of nitrogens with one attached hydrogen (secondary N) is 1. The van der Waals surface area contributed by atoms with Crippen LogP contribution in [0.15, 0.2) is 24.3 Å². The molecule has 2 rings (SSSR count). The highest BCUT2D eigenvalue weighted by Gasteiger charge is 2.16. The maximum atomic E-state index is 11.1. The Morgan fingerprint density at radius 1 is 1.25 bits per heavy atom. The Hall–Kier alpha value is -1.55. The first kappa shape index (κ1) is 11.0. The summed E-state index contributed by atoms with van der Waals surface area (Å²) in [6.45, 7) is 3.70. The van der Waals surface area contributed by atoms with Gasteiger partial charge < -0.3 is 15.3 Å². The third kappa shape index (κ3) is 2.33. The molecule has 0 radical (unpaired) electrons. The summed E-state index contributed by atoms with van der Waals surface area (Å²) < 4.78 is 0. The molecule has 4 nitrogen and oxygen atoms in total. The average Bonchev–Trinajstić information content (AvgIpc) is 2.57. The van der Waals surface area contributed by atoms with Gasteiger partial charge in [-0.3, -0.25) is 0 Å². The second-order valence-electron chi connectivity index (χ2n) is 3.91. The summed E-state index contributed by atoms with van der Waals surface area (Å²) in [4.78, 5) is 13.3. The van der Waals surface area contributed by atoms with Crippen LogP contribution in [0.3, 0.4) is 0 Å². The van der Waals surface area contributed by atoms with Crippen molar-refractivity contribution in [2.75, 3.05) is 31.1 Å². The number of carboxylic acids is 1. The van der Waals surface area contributed by atoms with E-state index in [1.165, 1.54) is 0 Å². The highest BCUT2D eigenvalue weighted by atomic mass is 16.4. The molecule has 4 heteroatoms. The molecule has 1 heterocycles. The molecule has 1 aromatic carbocycles. The van der Waals surface area contributed by atoms with E-state index in [2.05, 4.69) is 10.2 Å². The number of benzene rings is 1. The van der Waals surface area contributed by atoms with E-state index >= 15 is 0 Å². The van der Waals surface area contributed by atoms with Gasteiger partial charge in [0.1, 0.15) is 0 Å². The zero-order chi connectivity index (χ0) is 11.4. The van der Waals surface area contributed by atoms with Crippen molar-refractivity contribution < 1.29 is 9.90 Å². The number of nitrogens with zero attached hydrogens (tertiary/aromatic N) is 1. The average molecular weight is 220 g/mol. The van der Waals surface area contributed by atoms with Gasteiger partial charge in [-0.25, -0.2) is 4.79 Å². The van der Waals surface area contributed by atoms with E-state index in [9.17, 15) is 4.79 Å². The fourth-order valence-electron chi connectivity index (χ4n) is 2.02. The van der Waals surface area contributed by atoms with Gasteiger partial charge in [0, 0.05) is 19.6 Å². The van der Waals surface area contributed by atoms with E-state index in [0.29, 0.717) is 5.56 Å². The summed E-state index contributed by atoms with van der Waals surface area (Å²) in [7, 11) is 0. The van der Waals surface area contributed by atoms with Crippen LogP contribution in [0, 0.1) is 0 Å². The first-order chi connectivity index (χ1) is 7.79. The van der Waals surface area contributed by atoms with Crippen molar-refractivity contribution in [3.8, 4) is 0 Å². The Balaban J connectivity index is 2.27. The first-order valence-corrected chi connectivity index (χ1v) is 5.57. The second kappa shape index (κ2) is 4.99. The molecule has 2 N–H and O–H groups in total. The number of aromatic carboxylic acids is 1. The molecule has 1 aliphatic rings. The van der Waals surface area contributed by atoms with Gasteiger partial charge in [-0.2, -0.15) is 0 Å². The standard InChI is InChI=1S/C12H16N2O2/c15-12(16)10-4-1-2-5-11(10)14-8-3-6-13-7-9-14/h1-2,4-5,13H,3,6-9H2,(H,15,16). The zero-order valence-electron chi connectivity index (χ0n) is 9.15. The Bertz CT molecular complexity index is 371. The topological polar surface area (TPSA) is 52.6 Å². The molecular weight excluding hydrogens is 204 g/mol. The SMILES string of the molecule is O=C(O)c1ccccc1N1CCCNCC1. The number of para-hydroxylation sites is 1. The first-order valence-electron chi connectivity index (χ1n) is 5.57. The molecule has 1 fully saturated rings. The van der Waals surface area contributed by atoms with E-state index in [4.69, 9.17) is 5.11 Å². The monoisotopic (exact) mass is 220 g/mol. The predicted octanol–water partition coefficient (Wildman–Crippen LogP) is 1.18. The van der Waals surface area contributed by atoms with Crippen LogP contribution in [-0.2, 0) is 0 Å². The summed E-state index contributed by atoms with van der Waals surface area (Å²) in [5.74, 6) is -0.854. The molecule has 0 atom stereocenters. The van der Waals surface area contributed by atoms with Gasteiger partial charge in [-0.05, 0) is 25.1 Å². The maximum Gasteiger partial charge on any atom is 0.337 e. The number of rotatable bonds is 2. The lowest BCUT2D eigenvalue weighted by Crippen LogP contribution is -2.29. The van der Waals surface area contributed by atoms with Gasteiger partial charge in [0.05, 0.1) is 11.3 Å². The molecule has 86 valence electrons. The van der Waals surface area contributed by atoms with E-state index in [1.54, 1.807) is 12.1 Å². The molecule has 0 saturated carbocycles. The van der Waals surface area contributed by atoms with Crippen molar-refractivity contribution in [1.82, 2.24) is 5.32 Å². The van der Waals surface area contributed by atoms with Crippen LogP contribution in [0.25, 0.3) is 0 Å². The molecule has 0 amide bonds. The van der Waals surface area contributed by atoms with Gasteiger partial charge in [-0.15, -0.1) is 0 Å². The smallest absolute Gasteiger partial charge is 0.337 e. The highest BCUT2D eigenvalue weighted by molar-refractivity contribution is 5.94. The normalized spacial score (nSPS) is 16.9. The van der Waals surface area contributed by atoms with Gasteiger partial charge in [0.15, 0.2) is 0 Å². The van der Waals surface area contributed by atoms with Crippen LogP contribution < -0.4 is 10.2 Å². The largest absolute Gasteiger partial charge is 0.478 e. The third-order valence-corrected chi connectivity index (χ3v) is 2.82. The van der Waals surface area contributed by atoms with E-state index in [1.807, 2.05) is 12.1 Å². The Labute approximate surface area is 94.9 Å². The van der Waals surface area contributed by atoms with Crippen LogP contribution in [0.2, 0.25) is 0 Å². The summed E-state index contributed by atoms with van der Waals surface area (Å²) in [5.41, 5.74) is 1.23. The van der Waals surface area contributed by atoms with Crippen LogP contribution >= 0.6 is 0 Å². The molecule has 1 saturated heterocycles. The number of hydrogen-bond donors (Lipinski definition) is 2. The number of carboxylic acid groups (broad SMARTS) is 1. The van der Waals surface area contributed by atoms with Crippen LogP contribution in [0.1, 0.15) is 16.8 Å². The van der Waals surface area contributed by atoms with Crippen LogP contribution in [0.4, 0.5) is 5.69 Å². The molecule has 0 spiro atoms. The van der Waals surface area contributed by atoms with Gasteiger partial charge in [0.2, 0.25) is 0 Å². The number of anilines is 1. The van der Waals surface area contributed by atoms with Crippen molar-refractivity contribution >= 4 is 11.7 Å². The van der Waals surface area contributed by atoms with Crippen molar-refractivity contribution in [2.45, 2.75) is 6.42 Å². The zero-order valence-corrected chi connectivity index (χ0v) is 9.15. The summed E-state index contributed by atoms with van der Waals surface area (Å²) in [6, 6.07) is 7.20. The van der Waals surface area contributed by atoms with Gasteiger partial charge in [0.25, 0.3) is 0 Å². The van der Waals surface area contributed by atoms with Crippen molar-refractivity contribution in [3.63, 3.8) is 0 Å². The lowest BCUT2D eigenvalue weighted by Gasteiger charge is -2.23. The third-order valence-electron chi connectivity index (χ3n) is 2.82. The molecular formula is C12H16N2O2. The van der Waals surface area contributed by atoms with Crippen molar-refractivity contribution in [3.05, 3.63) is 29.8 Å². The number of carbonyl (C=O) groups is 1. The summed E-state index contributed by atoms with van der Waals surface area (Å²) >= 11 is 0. The number of hydrogen-bond acceptors (Lipinski definition) is 3. The lowest BCUT2D eigenvalue weighted by molar-refractivity contribution is 0.0697. The molecule has 0 bridgehead atoms. The van der Waals surface area contributed by atoms with E-state index < -0.39 is 5.97 Å². The van der Waals surface area contributed by atoms with Gasteiger partial charge in [-0.1, -0.05) is 12.1 Å². The summed E-state index contributed by atoms with van der Waals surface area (Å²) in [6.07, 6.45) is 1.05. The predicted molar refractivity (Wildman–Crippen MR) is 63.1 cm³/mol. The molecule has 0 unspecified atom stereocenters. The Morgan fingerprint density at radius 3 is 2.88 bits per heavy atom. The maximum absolute atomic E-state index is 11.1. The Morgan fingerprint density at radius 2 is 2.06 bits per heavy atom. The van der Waals surface area contributed by atoms with Crippen LogP contribution in [0.5, 0.6) is 0 Å². The van der Waals surface area contributed by atoms with E-state index in [-0.39, 0.29) is 0 Å². The van der Waals surface area contributed by atoms with Gasteiger partial charge >= 0.3 is 5.97 Å². The molecule has 0 aliphatic carbocycles. The quantitative estimate of drug-likeness (QED) is 0.786. The minimum atomic E-state index is -0.854. The highest BCUT2D eigenvalue weighted by Crippen LogP contribution is 2.20. The Kier molecular flexibility index (Phi) is 3.41. The minimum Gasteiger partial charge on any atom is -0.478 e. The lowest BCUT2D eigenvalue weighted by atomic mass is 10.1. The molecule has 1 aromatic rings. The van der Waals surface area contributed by atoms with Crippen LogP contribution in [-0.4, -0.2) is 37.3 Å².